The minimum absolute atomic E-state index is 0.0906. The summed E-state index contributed by atoms with van der Waals surface area (Å²) >= 11 is 1.85. The molecule has 1 aliphatic heterocycles. The van der Waals surface area contributed by atoms with Crippen LogP contribution >= 0.6 is 11.3 Å². The van der Waals surface area contributed by atoms with E-state index in [1.807, 2.05) is 35.6 Å². The molecular weight excluding hydrogens is 595 g/mol. The second-order valence-electron chi connectivity index (χ2n) is 12.2. The van der Waals surface area contributed by atoms with E-state index >= 15 is 0 Å². The van der Waals surface area contributed by atoms with Gasteiger partial charge < -0.3 is 19.7 Å². The van der Waals surface area contributed by atoms with Crippen LogP contribution in [0.2, 0.25) is 0 Å². The van der Waals surface area contributed by atoms with Crippen LogP contribution in [0.5, 0.6) is 5.75 Å². The molecule has 44 heavy (non-hydrogen) atoms. The Morgan fingerprint density at radius 3 is 2.41 bits per heavy atom. The van der Waals surface area contributed by atoms with E-state index < -0.39 is 16.1 Å². The number of hydrogen-bond acceptors (Lipinski definition) is 7. The summed E-state index contributed by atoms with van der Waals surface area (Å²) in [5, 5.41) is 5.19. The highest BCUT2D eigenvalue weighted by Gasteiger charge is 2.36. The first-order chi connectivity index (χ1) is 21.3. The molecule has 5 rings (SSSR count). The standard InChI is InChI=1S/C34H45N3O5S2/c1-36(2)34(32-9-6-20-43-32)26-12-10-25(11-13-26)18-19-35-33(38)24-42-23-29-21-27-7-4-5-8-28(27)22-37(29)44(39,40)31-16-14-30(41-3)15-17-31/h4-9,14-17,20,25-26,29,34H,10-13,18-19,21-24H2,1-3H3,(H,35,38). The SMILES string of the molecule is COc1ccc(S(=O)(=O)N2Cc3ccccc3CC2COCC(=O)NCCC2CCC(C(c3cccs3)N(C)C)CC2)cc1. The lowest BCUT2D eigenvalue weighted by Gasteiger charge is -2.37. The Balaban J connectivity index is 1.09. The Labute approximate surface area is 266 Å². The van der Waals surface area contributed by atoms with Crippen molar-refractivity contribution in [3.8, 4) is 5.75 Å². The van der Waals surface area contributed by atoms with Gasteiger partial charge in [0.25, 0.3) is 0 Å². The van der Waals surface area contributed by atoms with Crippen LogP contribution in [0, 0.1) is 11.8 Å². The van der Waals surface area contributed by atoms with Crippen LogP contribution in [-0.4, -0.2) is 70.5 Å². The number of benzene rings is 2. The normalized spacial score (nSPS) is 21.5. The van der Waals surface area contributed by atoms with Crippen molar-refractivity contribution in [1.29, 1.82) is 0 Å². The molecule has 10 heteroatoms. The molecule has 0 saturated heterocycles. The van der Waals surface area contributed by atoms with Crippen molar-refractivity contribution in [2.45, 2.75) is 62.0 Å². The highest BCUT2D eigenvalue weighted by Crippen LogP contribution is 2.41. The summed E-state index contributed by atoms with van der Waals surface area (Å²) in [6, 6.07) is 18.8. The average molecular weight is 640 g/mol. The Morgan fingerprint density at radius 2 is 1.75 bits per heavy atom. The van der Waals surface area contributed by atoms with Gasteiger partial charge in [0.15, 0.2) is 0 Å². The van der Waals surface area contributed by atoms with Crippen molar-refractivity contribution < 1.29 is 22.7 Å². The van der Waals surface area contributed by atoms with Crippen LogP contribution in [-0.2, 0) is 32.5 Å². The van der Waals surface area contributed by atoms with E-state index in [1.54, 1.807) is 31.4 Å². The number of carbonyl (C=O) groups excluding carboxylic acids is 1. The summed E-state index contributed by atoms with van der Waals surface area (Å²) in [5.41, 5.74) is 2.09. The van der Waals surface area contributed by atoms with Gasteiger partial charge in [0, 0.05) is 24.0 Å². The van der Waals surface area contributed by atoms with E-state index in [9.17, 15) is 13.2 Å². The number of amides is 1. The maximum atomic E-state index is 13.7. The third kappa shape index (κ3) is 7.90. The van der Waals surface area contributed by atoms with E-state index in [2.05, 4.69) is 41.8 Å². The van der Waals surface area contributed by atoms with Crippen molar-refractivity contribution in [2.24, 2.45) is 11.8 Å². The molecule has 238 valence electrons. The third-order valence-electron chi connectivity index (χ3n) is 9.12. The number of thiophene rings is 1. The summed E-state index contributed by atoms with van der Waals surface area (Å²) in [5.74, 6) is 1.73. The van der Waals surface area contributed by atoms with Gasteiger partial charge in [0.05, 0.1) is 24.7 Å². The highest BCUT2D eigenvalue weighted by atomic mass is 32.2. The van der Waals surface area contributed by atoms with Crippen molar-refractivity contribution in [2.75, 3.05) is 41.0 Å². The molecule has 0 bridgehead atoms. The summed E-state index contributed by atoms with van der Waals surface area (Å²) < 4.78 is 39.9. The van der Waals surface area contributed by atoms with E-state index in [1.165, 1.54) is 34.9 Å². The van der Waals surface area contributed by atoms with Gasteiger partial charge in [-0.05, 0) is 98.5 Å². The molecule has 3 aromatic rings. The zero-order chi connectivity index (χ0) is 31.1. The summed E-state index contributed by atoms with van der Waals surface area (Å²) in [6.07, 6.45) is 6.29. The van der Waals surface area contributed by atoms with Crippen molar-refractivity contribution in [3.63, 3.8) is 0 Å². The summed E-state index contributed by atoms with van der Waals surface area (Å²) in [7, 11) is 2.12. The topological polar surface area (TPSA) is 88.2 Å². The second-order valence-corrected chi connectivity index (χ2v) is 15.1. The number of fused-ring (bicyclic) bond motifs is 1. The molecule has 0 spiro atoms. The number of carbonyl (C=O) groups is 1. The first kappa shape index (κ1) is 32.6. The van der Waals surface area contributed by atoms with Crippen LogP contribution < -0.4 is 10.1 Å². The van der Waals surface area contributed by atoms with Crippen LogP contribution in [0.4, 0.5) is 0 Å². The molecule has 1 fully saturated rings. The predicted octanol–water partition coefficient (Wildman–Crippen LogP) is 5.50. The lowest BCUT2D eigenvalue weighted by atomic mass is 9.76. The summed E-state index contributed by atoms with van der Waals surface area (Å²) in [4.78, 5) is 16.7. The number of sulfonamides is 1. The Bertz CT molecular complexity index is 1450. The Morgan fingerprint density at radius 1 is 1.02 bits per heavy atom. The zero-order valence-electron chi connectivity index (χ0n) is 26.0. The molecule has 1 aliphatic carbocycles. The molecular formula is C34H45N3O5S2. The van der Waals surface area contributed by atoms with Gasteiger partial charge in [-0.25, -0.2) is 8.42 Å². The fourth-order valence-corrected chi connectivity index (χ4v) is 9.39. The van der Waals surface area contributed by atoms with Crippen molar-refractivity contribution >= 4 is 27.3 Å². The maximum Gasteiger partial charge on any atom is 0.245 e. The molecule has 2 unspecified atom stereocenters. The van der Waals surface area contributed by atoms with Crippen LogP contribution in [0.15, 0.2) is 70.9 Å². The maximum absolute atomic E-state index is 13.7. The smallest absolute Gasteiger partial charge is 0.245 e. The Hall–Kier alpha value is -2.76. The van der Waals surface area contributed by atoms with Gasteiger partial charge in [0.2, 0.25) is 15.9 Å². The lowest BCUT2D eigenvalue weighted by molar-refractivity contribution is -0.126. The molecule has 2 aromatic carbocycles. The lowest BCUT2D eigenvalue weighted by Crippen LogP contribution is -2.47. The van der Waals surface area contributed by atoms with Gasteiger partial charge in [-0.2, -0.15) is 4.31 Å². The van der Waals surface area contributed by atoms with Gasteiger partial charge in [-0.15, -0.1) is 11.3 Å². The van der Waals surface area contributed by atoms with Gasteiger partial charge >= 0.3 is 0 Å². The molecule has 2 aliphatic rings. The number of hydrogen-bond donors (Lipinski definition) is 1. The van der Waals surface area contributed by atoms with Gasteiger partial charge in [-0.1, -0.05) is 43.2 Å². The fourth-order valence-electron chi connectivity index (χ4n) is 6.78. The number of ether oxygens (including phenoxy) is 2. The van der Waals surface area contributed by atoms with Crippen molar-refractivity contribution in [1.82, 2.24) is 14.5 Å². The minimum Gasteiger partial charge on any atom is -0.497 e. The summed E-state index contributed by atoms with van der Waals surface area (Å²) in [6.45, 7) is 0.940. The zero-order valence-corrected chi connectivity index (χ0v) is 27.6. The monoisotopic (exact) mass is 639 g/mol. The van der Waals surface area contributed by atoms with Gasteiger partial charge in [-0.3, -0.25) is 4.79 Å². The first-order valence-electron chi connectivity index (χ1n) is 15.5. The quantitative estimate of drug-likeness (QED) is 0.266. The van der Waals surface area contributed by atoms with E-state index in [-0.39, 0.29) is 30.6 Å². The number of nitrogens with one attached hydrogen (secondary N) is 1. The number of rotatable bonds is 13. The van der Waals surface area contributed by atoms with Crippen LogP contribution in [0.1, 0.15) is 54.1 Å². The molecule has 1 saturated carbocycles. The van der Waals surface area contributed by atoms with E-state index in [0.29, 0.717) is 36.6 Å². The first-order valence-corrected chi connectivity index (χ1v) is 17.8. The molecule has 8 nitrogen and oxygen atoms in total. The number of methoxy groups -OCH3 is 1. The molecule has 0 radical (unpaired) electrons. The average Bonchev–Trinajstić information content (AvgIpc) is 3.55. The van der Waals surface area contributed by atoms with Crippen LogP contribution in [0.25, 0.3) is 0 Å². The Kier molecular flexibility index (Phi) is 11.1. The highest BCUT2D eigenvalue weighted by molar-refractivity contribution is 7.89. The molecule has 2 heterocycles. The second kappa shape index (κ2) is 15.0. The molecule has 1 N–H and O–H groups in total. The molecule has 2 atom stereocenters. The van der Waals surface area contributed by atoms with Crippen LogP contribution in [0.3, 0.4) is 0 Å². The largest absolute Gasteiger partial charge is 0.497 e. The van der Waals surface area contributed by atoms with Gasteiger partial charge in [0.1, 0.15) is 12.4 Å². The minimum atomic E-state index is -3.79. The number of nitrogens with zero attached hydrogens (tertiary/aromatic N) is 2. The third-order valence-corrected chi connectivity index (χ3v) is 12.0. The van der Waals surface area contributed by atoms with E-state index in [0.717, 1.165) is 17.5 Å². The molecule has 1 amide bonds. The fraction of sp³-hybridized carbons (Fsp3) is 0.500. The van der Waals surface area contributed by atoms with Crippen molar-refractivity contribution in [3.05, 3.63) is 82.0 Å². The molecule has 1 aromatic heterocycles. The van der Waals surface area contributed by atoms with E-state index in [4.69, 9.17) is 9.47 Å². The predicted molar refractivity (Wildman–Crippen MR) is 174 cm³/mol.